The molecular weight excluding hydrogens is 426 g/mol. The number of hydrogen-bond donors (Lipinski definition) is 0. The first-order valence-corrected chi connectivity index (χ1v) is 12.8. The number of benzene rings is 4. The van der Waals surface area contributed by atoms with Crippen molar-refractivity contribution in [3.63, 3.8) is 0 Å². The van der Waals surface area contributed by atoms with E-state index in [9.17, 15) is 0 Å². The summed E-state index contributed by atoms with van der Waals surface area (Å²) < 4.78 is 0. The largest absolute Gasteiger partial charge is 0.378 e. The molecule has 0 unspecified atom stereocenters. The molecule has 35 heavy (non-hydrogen) atoms. The van der Waals surface area contributed by atoms with Gasteiger partial charge in [-0.05, 0) is 71.7 Å². The van der Waals surface area contributed by atoms with Crippen LogP contribution in [0.2, 0.25) is 0 Å². The Morgan fingerprint density at radius 3 is 1.60 bits per heavy atom. The van der Waals surface area contributed by atoms with E-state index < -0.39 is 0 Å². The monoisotopic (exact) mass is 463 g/mol. The third-order valence-corrected chi connectivity index (χ3v) is 7.43. The summed E-state index contributed by atoms with van der Waals surface area (Å²) >= 11 is 0. The molecule has 0 N–H and O–H groups in total. The van der Waals surface area contributed by atoms with E-state index in [1.54, 1.807) is 0 Å². The molecule has 4 aromatic rings. The summed E-state index contributed by atoms with van der Waals surface area (Å²) in [5, 5.41) is 2.72. The van der Waals surface area contributed by atoms with E-state index in [2.05, 4.69) is 128 Å². The van der Waals surface area contributed by atoms with Crippen LogP contribution in [-0.2, 0) is 0 Å². The minimum Gasteiger partial charge on any atom is -0.378 e. The van der Waals surface area contributed by atoms with Crippen molar-refractivity contribution in [3.05, 3.63) is 102 Å². The number of fused-ring (bicyclic) bond motifs is 1. The lowest BCUT2D eigenvalue weighted by Crippen LogP contribution is -2.29. The van der Waals surface area contributed by atoms with Gasteiger partial charge in [0.15, 0.2) is 0 Å². The molecular formula is C32H37N3. The third kappa shape index (κ3) is 4.73. The number of rotatable bonds is 6. The van der Waals surface area contributed by atoms with Crippen LogP contribution >= 0.6 is 0 Å². The number of hydrogen-bond acceptors (Lipinski definition) is 3. The molecule has 1 aliphatic heterocycles. The van der Waals surface area contributed by atoms with Crippen LogP contribution in [0.4, 0.5) is 17.1 Å². The topological polar surface area (TPSA) is 9.72 Å². The molecule has 0 spiro atoms. The highest BCUT2D eigenvalue weighted by Gasteiger charge is 2.22. The number of piperidine rings is 1. The summed E-state index contributed by atoms with van der Waals surface area (Å²) in [6, 6.07) is 31.9. The van der Waals surface area contributed by atoms with Gasteiger partial charge in [-0.3, -0.25) is 0 Å². The van der Waals surface area contributed by atoms with Gasteiger partial charge >= 0.3 is 0 Å². The van der Waals surface area contributed by atoms with Crippen molar-refractivity contribution >= 4 is 27.8 Å². The summed E-state index contributed by atoms with van der Waals surface area (Å²) in [4.78, 5) is 6.91. The Morgan fingerprint density at radius 2 is 1.09 bits per heavy atom. The smallest absolute Gasteiger partial charge is 0.0446 e. The van der Waals surface area contributed by atoms with Crippen molar-refractivity contribution in [3.8, 4) is 0 Å². The lowest BCUT2D eigenvalue weighted by molar-refractivity contribution is 0.579. The van der Waals surface area contributed by atoms with Crippen LogP contribution in [0.15, 0.2) is 84.9 Å². The van der Waals surface area contributed by atoms with Gasteiger partial charge in [-0.15, -0.1) is 0 Å². The van der Waals surface area contributed by atoms with Crippen molar-refractivity contribution in [1.82, 2.24) is 0 Å². The highest BCUT2D eigenvalue weighted by Crippen LogP contribution is 2.40. The van der Waals surface area contributed by atoms with Crippen LogP contribution in [0, 0.1) is 0 Å². The average molecular weight is 464 g/mol. The molecule has 5 rings (SSSR count). The molecule has 0 amide bonds. The Balaban J connectivity index is 1.66. The van der Waals surface area contributed by atoms with Crippen molar-refractivity contribution in [1.29, 1.82) is 0 Å². The maximum Gasteiger partial charge on any atom is 0.0446 e. The summed E-state index contributed by atoms with van der Waals surface area (Å²) in [6.07, 6.45) is 3.92. The second-order valence-corrected chi connectivity index (χ2v) is 10.2. The Labute approximate surface area is 210 Å². The lowest BCUT2D eigenvalue weighted by atomic mass is 9.82. The summed E-state index contributed by atoms with van der Waals surface area (Å²) in [5.74, 6) is 0.169. The fourth-order valence-electron chi connectivity index (χ4n) is 5.45. The highest BCUT2D eigenvalue weighted by molar-refractivity contribution is 5.97. The van der Waals surface area contributed by atoms with Gasteiger partial charge < -0.3 is 14.7 Å². The zero-order valence-electron chi connectivity index (χ0n) is 21.5. The standard InChI is InChI=1S/C32H37N3/c1-33(2)26-16-12-24(13-17-26)32(25-14-18-27(19-15-25)34(3)4)30-20-21-31(35-22-8-5-9-23-35)29-11-7-6-10-28(29)30/h6-7,10-21,32H,5,8-9,22-23H2,1-4H3. The molecule has 0 aromatic heterocycles. The van der Waals surface area contributed by atoms with E-state index in [0.717, 1.165) is 13.1 Å². The average Bonchev–Trinajstić information content (AvgIpc) is 2.90. The molecule has 1 heterocycles. The van der Waals surface area contributed by atoms with Crippen LogP contribution in [0.1, 0.15) is 41.9 Å². The highest BCUT2D eigenvalue weighted by atomic mass is 15.1. The molecule has 4 aromatic carbocycles. The minimum absolute atomic E-state index is 0.169. The second-order valence-electron chi connectivity index (χ2n) is 10.2. The summed E-state index contributed by atoms with van der Waals surface area (Å²) in [6.45, 7) is 2.32. The van der Waals surface area contributed by atoms with Crippen LogP contribution in [-0.4, -0.2) is 41.3 Å². The maximum absolute atomic E-state index is 2.59. The quantitative estimate of drug-likeness (QED) is 0.281. The first-order chi connectivity index (χ1) is 17.0. The van der Waals surface area contributed by atoms with Crippen LogP contribution < -0.4 is 14.7 Å². The molecule has 180 valence electrons. The van der Waals surface area contributed by atoms with E-state index in [4.69, 9.17) is 0 Å². The van der Waals surface area contributed by atoms with Crippen molar-refractivity contribution in [2.45, 2.75) is 25.2 Å². The predicted octanol–water partition coefficient (Wildman–Crippen LogP) is 7.14. The van der Waals surface area contributed by atoms with E-state index in [0.29, 0.717) is 0 Å². The molecule has 1 saturated heterocycles. The van der Waals surface area contributed by atoms with Gasteiger partial charge in [0.2, 0.25) is 0 Å². The Bertz CT molecular complexity index is 1220. The fourth-order valence-corrected chi connectivity index (χ4v) is 5.45. The van der Waals surface area contributed by atoms with E-state index in [-0.39, 0.29) is 5.92 Å². The Hall–Kier alpha value is -3.46. The molecule has 3 nitrogen and oxygen atoms in total. The summed E-state index contributed by atoms with van der Waals surface area (Å²) in [7, 11) is 8.39. The van der Waals surface area contributed by atoms with Crippen LogP contribution in [0.5, 0.6) is 0 Å². The molecule has 0 atom stereocenters. The van der Waals surface area contributed by atoms with Crippen molar-refractivity contribution in [2.24, 2.45) is 0 Å². The molecule has 1 aliphatic rings. The first kappa shape index (κ1) is 23.3. The Kier molecular flexibility index (Phi) is 6.68. The molecule has 1 fully saturated rings. The van der Waals surface area contributed by atoms with Gasteiger partial charge in [-0.2, -0.15) is 0 Å². The molecule has 0 radical (unpaired) electrons. The zero-order valence-corrected chi connectivity index (χ0v) is 21.5. The van der Waals surface area contributed by atoms with Gasteiger partial charge in [0, 0.05) is 69.6 Å². The zero-order chi connectivity index (χ0) is 24.4. The first-order valence-electron chi connectivity index (χ1n) is 12.8. The normalized spacial score (nSPS) is 13.9. The van der Waals surface area contributed by atoms with Crippen molar-refractivity contribution in [2.75, 3.05) is 56.0 Å². The molecule has 0 bridgehead atoms. The van der Waals surface area contributed by atoms with E-state index in [1.807, 2.05) is 0 Å². The second kappa shape index (κ2) is 10.0. The van der Waals surface area contributed by atoms with Crippen LogP contribution in [0.3, 0.4) is 0 Å². The Morgan fingerprint density at radius 1 is 0.571 bits per heavy atom. The molecule has 0 aliphatic carbocycles. The van der Waals surface area contributed by atoms with Crippen LogP contribution in [0.25, 0.3) is 10.8 Å². The van der Waals surface area contributed by atoms with Gasteiger partial charge in [0.1, 0.15) is 0 Å². The van der Waals surface area contributed by atoms with Gasteiger partial charge in [-0.1, -0.05) is 54.6 Å². The SMILES string of the molecule is CN(C)c1ccc(C(c2ccc(N(C)C)cc2)c2ccc(N3CCCCC3)c3ccccc23)cc1. The maximum atomic E-state index is 2.59. The van der Waals surface area contributed by atoms with E-state index >= 15 is 0 Å². The summed E-state index contributed by atoms with van der Waals surface area (Å²) in [5.41, 5.74) is 7.85. The molecule has 0 saturated carbocycles. The fraction of sp³-hybridized carbons (Fsp3) is 0.312. The molecule has 3 heteroatoms. The number of anilines is 3. The predicted molar refractivity (Wildman–Crippen MR) is 152 cm³/mol. The van der Waals surface area contributed by atoms with Gasteiger partial charge in [-0.25, -0.2) is 0 Å². The minimum atomic E-state index is 0.169. The van der Waals surface area contributed by atoms with Gasteiger partial charge in [0.25, 0.3) is 0 Å². The third-order valence-electron chi connectivity index (χ3n) is 7.43. The lowest BCUT2D eigenvalue weighted by Gasteiger charge is -2.31. The van der Waals surface area contributed by atoms with E-state index in [1.165, 1.54) is 63.8 Å². The number of nitrogens with zero attached hydrogens (tertiary/aromatic N) is 3. The van der Waals surface area contributed by atoms with Gasteiger partial charge in [0.05, 0.1) is 0 Å². The van der Waals surface area contributed by atoms with Crippen molar-refractivity contribution < 1.29 is 0 Å².